The molecule has 2 aliphatic rings. The summed E-state index contributed by atoms with van der Waals surface area (Å²) in [6, 6.07) is 12.7. The average Bonchev–Trinajstić information content (AvgIpc) is 3.12. The molecule has 2 aromatic heterocycles. The van der Waals surface area contributed by atoms with Crippen molar-refractivity contribution in [2.45, 2.75) is 38.4 Å². The largest absolute Gasteiger partial charge is 0.494 e. The van der Waals surface area contributed by atoms with E-state index in [4.69, 9.17) is 19.6 Å². The van der Waals surface area contributed by atoms with E-state index in [1.165, 1.54) is 37.2 Å². The van der Waals surface area contributed by atoms with E-state index in [0.717, 1.165) is 60.2 Å². The van der Waals surface area contributed by atoms with Crippen molar-refractivity contribution in [2.24, 2.45) is 0 Å². The maximum Gasteiger partial charge on any atom is 0.490 e. The number of pyridine rings is 1. The number of rotatable bonds is 9. The van der Waals surface area contributed by atoms with Gasteiger partial charge < -0.3 is 34.8 Å². The number of nitrogens with one attached hydrogen (secondary N) is 2. The first kappa shape index (κ1) is 40.2. The first-order valence-electron chi connectivity index (χ1n) is 17.3. The maximum absolute atomic E-state index is 13.5. The number of methoxy groups -OCH3 is 1. The molecule has 4 heterocycles. The number of likely N-dealkylation sites (N-methyl/N-ethyl adjacent to an activating group) is 1. The Labute approximate surface area is 315 Å². The zero-order valence-electron chi connectivity index (χ0n) is 30.4. The molecule has 2 aromatic carbocycles. The third-order valence-electron chi connectivity index (χ3n) is 9.41. The van der Waals surface area contributed by atoms with Gasteiger partial charge in [0, 0.05) is 74.0 Å². The molecule has 3 N–H and O–H groups in total. The lowest BCUT2D eigenvalue weighted by Crippen LogP contribution is -2.52. The van der Waals surface area contributed by atoms with Gasteiger partial charge in [0.25, 0.3) is 0 Å². The molecule has 53 heavy (non-hydrogen) atoms. The summed E-state index contributed by atoms with van der Waals surface area (Å²) in [6.45, 7) is 12.5. The molecule has 0 amide bonds. The molecule has 0 radical (unpaired) electrons. The van der Waals surface area contributed by atoms with E-state index in [2.05, 4.69) is 77.3 Å². The molecule has 2 saturated heterocycles. The number of aromatic nitrogens is 3. The van der Waals surface area contributed by atoms with Gasteiger partial charge >= 0.3 is 12.1 Å². The number of carboxylic acids is 1. The molecule has 0 bridgehead atoms. The summed E-state index contributed by atoms with van der Waals surface area (Å²) in [6.07, 6.45) is 1.60. The number of carboxylic acid groups (broad SMARTS) is 1. The molecule has 0 atom stereocenters. The van der Waals surface area contributed by atoms with Crippen LogP contribution in [-0.2, 0) is 15.8 Å². The molecule has 0 spiro atoms. The highest BCUT2D eigenvalue weighted by molar-refractivity contribution is 9.10. The van der Waals surface area contributed by atoms with E-state index >= 15 is 0 Å². The fourth-order valence-electron chi connectivity index (χ4n) is 6.68. The number of aliphatic carboxylic acids is 1. The number of hydrogen-bond donors (Lipinski definition) is 3. The predicted octanol–water partition coefficient (Wildman–Crippen LogP) is 6.94. The van der Waals surface area contributed by atoms with Gasteiger partial charge in [0.15, 0.2) is 0 Å². The number of benzene rings is 2. The van der Waals surface area contributed by atoms with Gasteiger partial charge in [-0.05, 0) is 73.3 Å². The molecule has 286 valence electrons. The molecule has 2 fully saturated rings. The highest BCUT2D eigenvalue weighted by Gasteiger charge is 2.38. The van der Waals surface area contributed by atoms with Crippen LogP contribution in [0.4, 0.5) is 42.0 Å². The average molecular weight is 822 g/mol. The Balaban J connectivity index is 0.000000705. The van der Waals surface area contributed by atoms with Crippen molar-refractivity contribution >= 4 is 74.1 Å². The van der Waals surface area contributed by atoms with Gasteiger partial charge in [-0.2, -0.15) is 18.2 Å². The minimum absolute atomic E-state index is 0.415. The smallest absolute Gasteiger partial charge is 0.490 e. The van der Waals surface area contributed by atoms with Gasteiger partial charge in [0.05, 0.1) is 34.7 Å². The Hall–Kier alpha value is -3.98. The number of para-hydroxylation sites is 1. The van der Waals surface area contributed by atoms with Crippen LogP contribution < -0.4 is 25.6 Å². The number of nitrogens with zero attached hydrogens (tertiary/aromatic N) is 6. The van der Waals surface area contributed by atoms with Crippen LogP contribution in [0.25, 0.3) is 10.9 Å². The lowest BCUT2D eigenvalue weighted by atomic mass is 9.99. The third-order valence-corrected chi connectivity index (χ3v) is 11.6. The maximum atomic E-state index is 13.5. The molecule has 12 nitrogen and oxygen atoms in total. The molecule has 2 aliphatic heterocycles. The number of piperazine rings is 1. The second-order valence-corrected chi connectivity index (χ2v) is 17.4. The minimum Gasteiger partial charge on any atom is -0.494 e. The van der Waals surface area contributed by atoms with E-state index < -0.39 is 19.3 Å². The first-order valence-corrected chi connectivity index (χ1v) is 20.7. The molecular formula is C36H45BrF3N8O4P. The molecule has 0 aliphatic carbocycles. The topological polar surface area (TPSA) is 136 Å². The SMILES string of the molecule is CCc1cc(Nc2ncc(Br)c(Nc3cnc4ccccc4c3P(C)(C)=O)n2)c(OC)cc1N1CCC(N2CCN(C)CC2)CC1.O=C(O)C(F)(F)F. The van der Waals surface area contributed by atoms with Crippen LogP contribution in [0.1, 0.15) is 25.3 Å². The number of alkyl halides is 3. The Bertz CT molecular complexity index is 1970. The van der Waals surface area contributed by atoms with Crippen molar-refractivity contribution in [2.75, 3.05) is 82.3 Å². The van der Waals surface area contributed by atoms with Crippen LogP contribution in [-0.4, -0.2) is 115 Å². The lowest BCUT2D eigenvalue weighted by molar-refractivity contribution is -0.192. The predicted molar refractivity (Wildman–Crippen MR) is 207 cm³/mol. The highest BCUT2D eigenvalue weighted by atomic mass is 79.9. The second kappa shape index (κ2) is 17.0. The van der Waals surface area contributed by atoms with Crippen molar-refractivity contribution < 1.29 is 32.4 Å². The van der Waals surface area contributed by atoms with Crippen molar-refractivity contribution in [1.82, 2.24) is 24.8 Å². The summed E-state index contributed by atoms with van der Waals surface area (Å²) in [5.74, 6) is -1.06. The summed E-state index contributed by atoms with van der Waals surface area (Å²) >= 11 is 3.59. The Morgan fingerprint density at radius 2 is 1.68 bits per heavy atom. The van der Waals surface area contributed by atoms with Crippen LogP contribution in [0.15, 0.2) is 53.3 Å². The zero-order valence-corrected chi connectivity index (χ0v) is 32.9. The van der Waals surface area contributed by atoms with Crippen LogP contribution in [0.3, 0.4) is 0 Å². The van der Waals surface area contributed by atoms with Crippen molar-refractivity contribution in [3.05, 3.63) is 58.8 Å². The molecule has 0 unspecified atom stereocenters. The van der Waals surface area contributed by atoms with Gasteiger partial charge in [0.2, 0.25) is 5.95 Å². The van der Waals surface area contributed by atoms with Gasteiger partial charge in [-0.25, -0.2) is 9.78 Å². The Morgan fingerprint density at radius 1 is 1.02 bits per heavy atom. The van der Waals surface area contributed by atoms with E-state index in [9.17, 15) is 17.7 Å². The Morgan fingerprint density at radius 3 is 2.28 bits per heavy atom. The number of halogens is 4. The lowest BCUT2D eigenvalue weighted by Gasteiger charge is -2.43. The number of aryl methyl sites for hydroxylation is 1. The molecule has 0 saturated carbocycles. The first-order chi connectivity index (χ1) is 25.1. The second-order valence-electron chi connectivity index (χ2n) is 13.4. The van der Waals surface area contributed by atoms with Gasteiger partial charge in [-0.3, -0.25) is 9.88 Å². The number of hydrogen-bond acceptors (Lipinski definition) is 11. The highest BCUT2D eigenvalue weighted by Crippen LogP contribution is 2.42. The van der Waals surface area contributed by atoms with E-state index in [-0.39, 0.29) is 0 Å². The number of carbonyl (C=O) groups is 1. The zero-order chi connectivity index (χ0) is 38.5. The fourth-order valence-corrected chi connectivity index (χ4v) is 8.43. The van der Waals surface area contributed by atoms with Crippen LogP contribution in [0.2, 0.25) is 0 Å². The summed E-state index contributed by atoms with van der Waals surface area (Å²) in [7, 11) is 1.25. The normalized spacial score (nSPS) is 16.2. The van der Waals surface area contributed by atoms with E-state index in [0.29, 0.717) is 28.0 Å². The fraction of sp³-hybridized carbons (Fsp3) is 0.444. The third kappa shape index (κ3) is 9.97. The number of anilines is 5. The molecule has 4 aromatic rings. The van der Waals surface area contributed by atoms with E-state index in [1.54, 1.807) is 32.8 Å². The number of piperidine rings is 1. The summed E-state index contributed by atoms with van der Waals surface area (Å²) in [4.78, 5) is 30.5. The molecular weight excluding hydrogens is 776 g/mol. The van der Waals surface area contributed by atoms with Crippen molar-refractivity contribution in [3.63, 3.8) is 0 Å². The quantitative estimate of drug-likeness (QED) is 0.151. The standard InChI is InChI=1S/C34H44BrN8O2P.C2HF3O2/c1-6-23-19-28(31(45-3)20-30(23)43-13-11-24(12-14-43)42-17-15-41(2)16-18-42)39-34-37-21-26(35)33(40-34)38-29-22-36-27-10-8-7-9-25(27)32(29)46(4,5)44;3-2(4,5)1(6)7/h7-10,19-22,24H,6,11-18H2,1-5H3,(H2,37,38,39,40);(H,6,7). The van der Waals surface area contributed by atoms with Gasteiger partial charge in [0.1, 0.15) is 18.7 Å². The summed E-state index contributed by atoms with van der Waals surface area (Å²) in [5.41, 5.74) is 4.76. The van der Waals surface area contributed by atoms with Crippen LogP contribution in [0.5, 0.6) is 5.75 Å². The molecule has 6 rings (SSSR count). The summed E-state index contributed by atoms with van der Waals surface area (Å²) < 4.78 is 51.8. The Kier molecular flexibility index (Phi) is 12.9. The van der Waals surface area contributed by atoms with Crippen LogP contribution >= 0.6 is 23.1 Å². The van der Waals surface area contributed by atoms with Crippen molar-refractivity contribution in [3.8, 4) is 5.75 Å². The van der Waals surface area contributed by atoms with E-state index in [1.807, 2.05) is 24.3 Å². The summed E-state index contributed by atoms with van der Waals surface area (Å²) in [5, 5.41) is 15.5. The number of fused-ring (bicyclic) bond motifs is 1. The monoisotopic (exact) mass is 820 g/mol. The molecule has 17 heteroatoms. The van der Waals surface area contributed by atoms with Gasteiger partial charge in [-0.15, -0.1) is 0 Å². The minimum atomic E-state index is -5.08. The van der Waals surface area contributed by atoms with Crippen LogP contribution in [0, 0.1) is 0 Å². The van der Waals surface area contributed by atoms with Crippen molar-refractivity contribution in [1.29, 1.82) is 0 Å². The number of ether oxygens (including phenoxy) is 1. The van der Waals surface area contributed by atoms with Gasteiger partial charge in [-0.1, -0.05) is 25.1 Å².